The van der Waals surface area contributed by atoms with Crippen LogP contribution in [0.3, 0.4) is 0 Å². The number of nitrogens with zero attached hydrogens (tertiary/aromatic N) is 1. The maximum absolute atomic E-state index is 10.6. The van der Waals surface area contributed by atoms with Crippen molar-refractivity contribution >= 4 is 22.6 Å². The summed E-state index contributed by atoms with van der Waals surface area (Å²) in [5.41, 5.74) is 0. The summed E-state index contributed by atoms with van der Waals surface area (Å²) in [7, 11) is -1.24. The first-order valence-corrected chi connectivity index (χ1v) is 5.09. The lowest BCUT2D eigenvalue weighted by atomic mass is 11.1. The Morgan fingerprint density at radius 1 is 1.80 bits per heavy atom. The zero-order valence-electron chi connectivity index (χ0n) is 5.57. The summed E-state index contributed by atoms with van der Waals surface area (Å²) < 4.78 is 10.9. The van der Waals surface area contributed by atoms with Gasteiger partial charge in [0.25, 0.3) is 6.20 Å². The Balaban J connectivity index is 4.34. The summed E-state index contributed by atoms with van der Waals surface area (Å²) >= 11 is 1.13. The molecule has 4 nitrogen and oxygen atoms in total. The van der Waals surface area contributed by atoms with Crippen LogP contribution < -0.4 is 0 Å². The molecule has 0 aliphatic rings. The van der Waals surface area contributed by atoms with Crippen molar-refractivity contribution in [2.75, 3.05) is 12.5 Å². The van der Waals surface area contributed by atoms with Gasteiger partial charge in [0.2, 0.25) is 0 Å². The minimum Gasteiger partial charge on any atom is -0.259 e. The molecule has 58 valence electrons. The Kier molecular flexibility index (Phi) is 4.29. The summed E-state index contributed by atoms with van der Waals surface area (Å²) in [5.74, 6) is 0. The van der Waals surface area contributed by atoms with Crippen molar-refractivity contribution in [2.45, 2.75) is 0 Å². The van der Waals surface area contributed by atoms with Gasteiger partial charge in [-0.1, -0.05) is 0 Å². The van der Waals surface area contributed by atoms with E-state index in [1.807, 2.05) is 0 Å². The lowest BCUT2D eigenvalue weighted by Gasteiger charge is -1.91. The van der Waals surface area contributed by atoms with Gasteiger partial charge < -0.3 is 0 Å². The van der Waals surface area contributed by atoms with Crippen LogP contribution in [-0.4, -0.2) is 21.6 Å². The van der Waals surface area contributed by atoms with E-state index in [1.54, 1.807) is 6.26 Å². The third kappa shape index (κ3) is 3.62. The lowest BCUT2D eigenvalue weighted by molar-refractivity contribution is -0.402. The van der Waals surface area contributed by atoms with Crippen LogP contribution in [0.15, 0.2) is 10.4 Å². The molecule has 0 saturated carbocycles. The fourth-order valence-electron chi connectivity index (χ4n) is 0.330. The summed E-state index contributed by atoms with van der Waals surface area (Å²) in [6, 6.07) is 0. The topological polar surface area (TPSA) is 60.2 Å². The number of rotatable bonds is 3. The van der Waals surface area contributed by atoms with E-state index in [4.69, 9.17) is 0 Å². The molecule has 0 aromatic heterocycles. The van der Waals surface area contributed by atoms with Crippen molar-refractivity contribution in [1.82, 2.24) is 0 Å². The molecule has 1 unspecified atom stereocenters. The predicted octanol–water partition coefficient (Wildman–Crippen LogP) is 0.803. The first-order valence-electron chi connectivity index (χ1n) is 2.30. The molecule has 0 amide bonds. The zero-order valence-corrected chi connectivity index (χ0v) is 7.20. The zero-order chi connectivity index (χ0) is 8.15. The molecule has 6 heteroatoms. The highest BCUT2D eigenvalue weighted by Crippen LogP contribution is 2.13. The van der Waals surface area contributed by atoms with Crippen molar-refractivity contribution < 1.29 is 9.13 Å². The van der Waals surface area contributed by atoms with E-state index in [0.717, 1.165) is 18.0 Å². The van der Waals surface area contributed by atoms with Gasteiger partial charge in [0.1, 0.15) is 4.24 Å². The number of nitro groups is 1. The first kappa shape index (κ1) is 9.64. The maximum Gasteiger partial charge on any atom is 0.256 e. The Labute approximate surface area is 65.3 Å². The molecule has 0 aliphatic heterocycles. The van der Waals surface area contributed by atoms with Gasteiger partial charge in [-0.2, -0.15) is 0 Å². The quantitative estimate of drug-likeness (QED) is 0.477. The van der Waals surface area contributed by atoms with Crippen molar-refractivity contribution in [3.8, 4) is 0 Å². The molecule has 0 saturated heterocycles. The van der Waals surface area contributed by atoms with Gasteiger partial charge in [0.05, 0.1) is 15.7 Å². The molecule has 0 N–H and O–H groups in total. The Morgan fingerprint density at radius 2 is 2.30 bits per heavy atom. The molecular formula is C4H7NO3S2. The molecular weight excluding hydrogens is 174 g/mol. The Hall–Kier alpha value is -0.360. The van der Waals surface area contributed by atoms with Crippen LogP contribution >= 0.6 is 11.8 Å². The van der Waals surface area contributed by atoms with Gasteiger partial charge in [-0.15, -0.1) is 11.8 Å². The van der Waals surface area contributed by atoms with Crippen LogP contribution in [0, 0.1) is 10.1 Å². The molecule has 0 bridgehead atoms. The maximum atomic E-state index is 10.6. The van der Waals surface area contributed by atoms with Crippen LogP contribution in [0.5, 0.6) is 0 Å². The lowest BCUT2D eigenvalue weighted by Crippen LogP contribution is -1.92. The summed E-state index contributed by atoms with van der Waals surface area (Å²) in [6.45, 7) is 0. The van der Waals surface area contributed by atoms with Crippen LogP contribution in [0.25, 0.3) is 0 Å². The van der Waals surface area contributed by atoms with Crippen molar-refractivity contribution in [3.63, 3.8) is 0 Å². The second-order valence-electron chi connectivity index (χ2n) is 1.39. The minimum atomic E-state index is -1.24. The second kappa shape index (κ2) is 4.45. The molecule has 0 radical (unpaired) electrons. The van der Waals surface area contributed by atoms with Gasteiger partial charge in [0, 0.05) is 6.26 Å². The average molecular weight is 181 g/mol. The molecule has 0 heterocycles. The van der Waals surface area contributed by atoms with Gasteiger partial charge in [-0.05, 0) is 6.26 Å². The third-order valence-corrected chi connectivity index (χ3v) is 3.08. The number of hydrogen-bond acceptors (Lipinski definition) is 4. The van der Waals surface area contributed by atoms with E-state index in [1.165, 1.54) is 6.26 Å². The monoisotopic (exact) mass is 181 g/mol. The van der Waals surface area contributed by atoms with Crippen molar-refractivity contribution in [2.24, 2.45) is 0 Å². The fraction of sp³-hybridized carbons (Fsp3) is 0.500. The summed E-state index contributed by atoms with van der Waals surface area (Å²) in [4.78, 5) is 9.25. The van der Waals surface area contributed by atoms with E-state index in [9.17, 15) is 14.3 Å². The molecule has 1 atom stereocenters. The van der Waals surface area contributed by atoms with Crippen LogP contribution in [-0.2, 0) is 10.8 Å². The van der Waals surface area contributed by atoms with Crippen LogP contribution in [0.2, 0.25) is 0 Å². The summed E-state index contributed by atoms with van der Waals surface area (Å²) in [5, 5.41) is 9.85. The van der Waals surface area contributed by atoms with Crippen molar-refractivity contribution in [3.05, 3.63) is 20.6 Å². The fourth-order valence-corrected chi connectivity index (χ4v) is 1.70. The Morgan fingerprint density at radius 3 is 2.40 bits per heavy atom. The van der Waals surface area contributed by atoms with Crippen molar-refractivity contribution in [1.29, 1.82) is 0 Å². The largest absolute Gasteiger partial charge is 0.259 e. The van der Waals surface area contributed by atoms with Gasteiger partial charge in [0.15, 0.2) is 0 Å². The molecule has 0 aromatic rings. The van der Waals surface area contributed by atoms with Gasteiger partial charge in [-0.3, -0.25) is 14.3 Å². The molecule has 0 aliphatic carbocycles. The van der Waals surface area contributed by atoms with Gasteiger partial charge >= 0.3 is 0 Å². The van der Waals surface area contributed by atoms with E-state index in [2.05, 4.69) is 0 Å². The summed E-state index contributed by atoms with van der Waals surface area (Å²) in [6.07, 6.45) is 3.82. The molecule has 0 fully saturated rings. The first-order chi connectivity index (χ1) is 4.57. The smallest absolute Gasteiger partial charge is 0.256 e. The molecule has 0 spiro atoms. The molecule has 0 aromatic carbocycles. The van der Waals surface area contributed by atoms with E-state index in [0.29, 0.717) is 0 Å². The molecule has 10 heavy (non-hydrogen) atoms. The van der Waals surface area contributed by atoms with E-state index >= 15 is 0 Å². The highest BCUT2D eigenvalue weighted by atomic mass is 32.2. The highest BCUT2D eigenvalue weighted by Gasteiger charge is 2.04. The van der Waals surface area contributed by atoms with Crippen LogP contribution in [0.1, 0.15) is 0 Å². The standard InChI is InChI=1S/C4H7NO3S2/c1-9-4(10(2)8)3-5(6)7/h3H,1-2H3/b4-3+. The van der Waals surface area contributed by atoms with E-state index < -0.39 is 15.7 Å². The predicted molar refractivity (Wildman–Crippen MR) is 42.7 cm³/mol. The van der Waals surface area contributed by atoms with E-state index in [-0.39, 0.29) is 4.24 Å². The minimum absolute atomic E-state index is 0.282. The SMILES string of the molecule is CS/C(=C\[N+](=O)[O-])S(C)=O. The number of hydrogen-bond donors (Lipinski definition) is 0. The normalized spacial score (nSPS) is 14.8. The second-order valence-corrected chi connectivity index (χ2v) is 3.85. The highest BCUT2D eigenvalue weighted by molar-refractivity contribution is 8.15. The Bertz CT molecular complexity index is 189. The molecule has 0 rings (SSSR count). The number of thioether (sulfide) groups is 1. The van der Waals surface area contributed by atoms with Crippen LogP contribution in [0.4, 0.5) is 0 Å². The van der Waals surface area contributed by atoms with Gasteiger partial charge in [-0.25, -0.2) is 0 Å². The third-order valence-electron chi connectivity index (χ3n) is 0.695. The average Bonchev–Trinajstić information content (AvgIpc) is 1.81.